The van der Waals surface area contributed by atoms with Gasteiger partial charge in [0.05, 0.1) is 0 Å². The molecule has 1 aliphatic heterocycles. The first-order valence-electron chi connectivity index (χ1n) is 6.65. The summed E-state index contributed by atoms with van der Waals surface area (Å²) in [4.78, 5) is 26.5. The van der Waals surface area contributed by atoms with Crippen molar-refractivity contribution in [2.75, 3.05) is 0 Å². The van der Waals surface area contributed by atoms with E-state index < -0.39 is 11.1 Å². The quantitative estimate of drug-likeness (QED) is 0.777. The SMILES string of the molecule is CC1(C)CC(=O)CC(C)(C)N1C(=O)c1ccccc1. The van der Waals surface area contributed by atoms with Gasteiger partial charge in [0, 0.05) is 29.5 Å². The van der Waals surface area contributed by atoms with Gasteiger partial charge in [-0.15, -0.1) is 0 Å². The number of carbonyl (C=O) groups excluding carboxylic acids is 2. The topological polar surface area (TPSA) is 37.4 Å². The van der Waals surface area contributed by atoms with E-state index in [0.29, 0.717) is 18.4 Å². The monoisotopic (exact) mass is 259 g/mol. The van der Waals surface area contributed by atoms with Crippen molar-refractivity contribution in [2.24, 2.45) is 0 Å². The van der Waals surface area contributed by atoms with Crippen LogP contribution in [0.3, 0.4) is 0 Å². The summed E-state index contributed by atoms with van der Waals surface area (Å²) in [6, 6.07) is 9.27. The van der Waals surface area contributed by atoms with Gasteiger partial charge in [0.2, 0.25) is 0 Å². The smallest absolute Gasteiger partial charge is 0.254 e. The maximum atomic E-state index is 12.8. The molecule has 1 amide bonds. The number of piperidine rings is 1. The zero-order valence-electron chi connectivity index (χ0n) is 12.1. The van der Waals surface area contributed by atoms with Crippen LogP contribution in [0.2, 0.25) is 0 Å². The lowest BCUT2D eigenvalue weighted by Gasteiger charge is -2.52. The molecule has 0 aliphatic carbocycles. The molecular formula is C16H21NO2. The number of likely N-dealkylation sites (tertiary alicyclic amines) is 1. The van der Waals surface area contributed by atoms with Crippen LogP contribution in [0.5, 0.6) is 0 Å². The molecule has 0 saturated carbocycles. The normalized spacial score (nSPS) is 21.3. The molecule has 3 nitrogen and oxygen atoms in total. The van der Waals surface area contributed by atoms with Crippen molar-refractivity contribution < 1.29 is 9.59 Å². The van der Waals surface area contributed by atoms with Crippen LogP contribution in [0.4, 0.5) is 0 Å². The highest BCUT2D eigenvalue weighted by atomic mass is 16.2. The van der Waals surface area contributed by atoms with Gasteiger partial charge in [-0.3, -0.25) is 9.59 Å². The fourth-order valence-electron chi connectivity index (χ4n) is 3.26. The third-order valence-electron chi connectivity index (χ3n) is 3.69. The number of rotatable bonds is 1. The average Bonchev–Trinajstić information content (AvgIpc) is 2.26. The maximum absolute atomic E-state index is 12.8. The van der Waals surface area contributed by atoms with Crippen molar-refractivity contribution in [1.82, 2.24) is 4.90 Å². The largest absolute Gasteiger partial charge is 0.328 e. The molecule has 1 heterocycles. The summed E-state index contributed by atoms with van der Waals surface area (Å²) >= 11 is 0. The van der Waals surface area contributed by atoms with Crippen LogP contribution < -0.4 is 0 Å². The van der Waals surface area contributed by atoms with Crippen LogP contribution in [0.1, 0.15) is 50.9 Å². The first kappa shape index (κ1) is 13.8. The van der Waals surface area contributed by atoms with Gasteiger partial charge in [-0.2, -0.15) is 0 Å². The Balaban J connectivity index is 2.41. The van der Waals surface area contributed by atoms with Gasteiger partial charge < -0.3 is 4.90 Å². The van der Waals surface area contributed by atoms with Crippen molar-refractivity contribution in [1.29, 1.82) is 0 Å². The van der Waals surface area contributed by atoms with Gasteiger partial charge in [0.25, 0.3) is 5.91 Å². The van der Waals surface area contributed by atoms with E-state index in [9.17, 15) is 9.59 Å². The molecule has 0 unspecified atom stereocenters. The van der Waals surface area contributed by atoms with Crippen LogP contribution in [-0.2, 0) is 4.79 Å². The average molecular weight is 259 g/mol. The van der Waals surface area contributed by atoms with Crippen molar-refractivity contribution in [3.05, 3.63) is 35.9 Å². The molecule has 3 heteroatoms. The highest BCUT2D eigenvalue weighted by Gasteiger charge is 2.47. The van der Waals surface area contributed by atoms with E-state index in [2.05, 4.69) is 0 Å². The lowest BCUT2D eigenvalue weighted by Crippen LogP contribution is -2.63. The second kappa shape index (κ2) is 4.48. The summed E-state index contributed by atoms with van der Waals surface area (Å²) in [5, 5.41) is 0. The molecule has 1 aromatic carbocycles. The Hall–Kier alpha value is -1.64. The number of carbonyl (C=O) groups is 2. The lowest BCUT2D eigenvalue weighted by molar-refractivity contribution is -0.130. The molecule has 0 N–H and O–H groups in total. The molecule has 0 aromatic heterocycles. The number of benzene rings is 1. The summed E-state index contributed by atoms with van der Waals surface area (Å²) in [5.41, 5.74) is -0.199. The number of hydrogen-bond acceptors (Lipinski definition) is 2. The molecule has 0 atom stereocenters. The molecule has 1 saturated heterocycles. The Bertz CT molecular complexity index is 483. The molecule has 1 aliphatic rings. The highest BCUT2D eigenvalue weighted by Crippen LogP contribution is 2.37. The van der Waals surface area contributed by atoms with E-state index in [0.717, 1.165) is 0 Å². The van der Waals surface area contributed by atoms with Gasteiger partial charge in [-0.05, 0) is 39.8 Å². The fourth-order valence-corrected chi connectivity index (χ4v) is 3.26. The third kappa shape index (κ3) is 2.55. The Morgan fingerprint density at radius 1 is 1.00 bits per heavy atom. The molecule has 1 fully saturated rings. The van der Waals surface area contributed by atoms with Crippen molar-refractivity contribution in [3.63, 3.8) is 0 Å². The van der Waals surface area contributed by atoms with E-state index in [1.165, 1.54) is 0 Å². The first-order chi connectivity index (χ1) is 8.74. The predicted octanol–water partition coefficient (Wildman–Crippen LogP) is 3.05. The number of nitrogens with zero attached hydrogens (tertiary/aromatic N) is 1. The minimum Gasteiger partial charge on any atom is -0.328 e. The summed E-state index contributed by atoms with van der Waals surface area (Å²) in [7, 11) is 0. The van der Waals surface area contributed by atoms with Crippen molar-refractivity contribution >= 4 is 11.7 Å². The van der Waals surface area contributed by atoms with Crippen LogP contribution >= 0.6 is 0 Å². The van der Waals surface area contributed by atoms with Gasteiger partial charge in [0.15, 0.2) is 0 Å². The van der Waals surface area contributed by atoms with Crippen LogP contribution in [0.15, 0.2) is 30.3 Å². The number of hydrogen-bond donors (Lipinski definition) is 0. The van der Waals surface area contributed by atoms with E-state index in [4.69, 9.17) is 0 Å². The molecule has 0 radical (unpaired) electrons. The fraction of sp³-hybridized carbons (Fsp3) is 0.500. The number of ketones is 1. The summed E-state index contributed by atoms with van der Waals surface area (Å²) in [6.07, 6.45) is 0.851. The molecule has 2 rings (SSSR count). The Kier molecular flexibility index (Phi) is 3.25. The Morgan fingerprint density at radius 2 is 1.47 bits per heavy atom. The standard InChI is InChI=1S/C16H21NO2/c1-15(2)10-13(18)11-16(3,4)17(15)14(19)12-8-6-5-7-9-12/h5-9H,10-11H2,1-4H3. The second-order valence-electron chi connectivity index (χ2n) is 6.52. The van der Waals surface area contributed by atoms with Crippen LogP contribution in [0, 0.1) is 0 Å². The second-order valence-corrected chi connectivity index (χ2v) is 6.52. The molecular weight excluding hydrogens is 238 g/mol. The first-order valence-corrected chi connectivity index (χ1v) is 6.65. The van der Waals surface area contributed by atoms with Gasteiger partial charge in [0.1, 0.15) is 5.78 Å². The minimum atomic E-state index is -0.439. The van der Waals surface area contributed by atoms with Gasteiger partial charge in [-0.1, -0.05) is 18.2 Å². The van der Waals surface area contributed by atoms with E-state index in [1.54, 1.807) is 0 Å². The van der Waals surface area contributed by atoms with Crippen LogP contribution in [0.25, 0.3) is 0 Å². The molecule has 1 aromatic rings. The lowest BCUT2D eigenvalue weighted by atomic mass is 9.78. The summed E-state index contributed by atoms with van der Waals surface area (Å²) in [6.45, 7) is 7.86. The van der Waals surface area contributed by atoms with Gasteiger partial charge >= 0.3 is 0 Å². The molecule has 102 valence electrons. The van der Waals surface area contributed by atoms with Gasteiger partial charge in [-0.25, -0.2) is 0 Å². The minimum absolute atomic E-state index is 0.00287. The molecule has 19 heavy (non-hydrogen) atoms. The zero-order valence-corrected chi connectivity index (χ0v) is 12.1. The van der Waals surface area contributed by atoms with Crippen LogP contribution in [-0.4, -0.2) is 27.7 Å². The Morgan fingerprint density at radius 3 is 1.95 bits per heavy atom. The van der Waals surface area contributed by atoms with Crippen molar-refractivity contribution in [2.45, 2.75) is 51.6 Å². The molecule has 0 spiro atoms. The Labute approximate surface area is 114 Å². The highest BCUT2D eigenvalue weighted by molar-refractivity contribution is 5.97. The summed E-state index contributed by atoms with van der Waals surface area (Å²) in [5.74, 6) is 0.232. The number of amides is 1. The molecule has 0 bridgehead atoms. The zero-order chi connectivity index (χ0) is 14.3. The van der Waals surface area contributed by atoms with E-state index >= 15 is 0 Å². The maximum Gasteiger partial charge on any atom is 0.254 e. The predicted molar refractivity (Wildman–Crippen MR) is 75.0 cm³/mol. The third-order valence-corrected chi connectivity index (χ3v) is 3.69. The van der Waals surface area contributed by atoms with E-state index in [-0.39, 0.29) is 11.7 Å². The van der Waals surface area contributed by atoms with E-state index in [1.807, 2.05) is 62.9 Å². The van der Waals surface area contributed by atoms with Crippen molar-refractivity contribution in [3.8, 4) is 0 Å². The summed E-state index contributed by atoms with van der Waals surface area (Å²) < 4.78 is 0. The number of Topliss-reactive ketones (excluding diaryl/α,β-unsaturated/α-hetero) is 1.